The van der Waals surface area contributed by atoms with Gasteiger partial charge in [-0.25, -0.2) is 0 Å². The first-order valence-corrected chi connectivity index (χ1v) is 5.23. The van der Waals surface area contributed by atoms with Crippen molar-refractivity contribution in [3.63, 3.8) is 0 Å². The normalized spacial score (nSPS) is 36.2. The largest absolute Gasteiger partial charge is 0.399 e. The number of rotatable bonds is 2. The first-order chi connectivity index (χ1) is 7.14. The third kappa shape index (κ3) is 1.87. The summed E-state index contributed by atoms with van der Waals surface area (Å²) in [5.41, 5.74) is 39.6. The summed E-state index contributed by atoms with van der Waals surface area (Å²) in [6.07, 6.45) is 0.463. The number of nitrogens with two attached hydrogens (primary N) is 7. The van der Waals surface area contributed by atoms with E-state index in [9.17, 15) is 0 Å². The maximum atomic E-state index is 6.05. The first kappa shape index (κ1) is 13.2. The van der Waals surface area contributed by atoms with Gasteiger partial charge < -0.3 is 40.1 Å². The fourth-order valence-corrected chi connectivity index (χ4v) is 2.15. The van der Waals surface area contributed by atoms with Crippen molar-refractivity contribution >= 4 is 0 Å². The highest BCUT2D eigenvalue weighted by Crippen LogP contribution is 2.35. The minimum absolute atomic E-state index is 0.206. The van der Waals surface area contributed by atoms with Gasteiger partial charge in [-0.1, -0.05) is 0 Å². The van der Waals surface area contributed by atoms with Crippen molar-refractivity contribution in [1.29, 1.82) is 0 Å². The van der Waals surface area contributed by atoms with Crippen LogP contribution in [0.1, 0.15) is 13.3 Å². The summed E-state index contributed by atoms with van der Waals surface area (Å²) in [6, 6.07) is -0.357. The summed E-state index contributed by atoms with van der Waals surface area (Å²) >= 11 is 0. The van der Waals surface area contributed by atoms with Crippen molar-refractivity contribution in [2.75, 3.05) is 6.54 Å². The number of hydrogen-bond acceptors (Lipinski definition) is 7. The zero-order valence-corrected chi connectivity index (χ0v) is 9.61. The third-order valence-electron chi connectivity index (χ3n) is 3.42. The lowest BCUT2D eigenvalue weighted by atomic mass is 9.70. The van der Waals surface area contributed by atoms with Crippen LogP contribution in [0.25, 0.3) is 0 Å². The molecule has 0 aromatic carbocycles. The van der Waals surface area contributed by atoms with Crippen molar-refractivity contribution in [2.24, 2.45) is 46.1 Å². The minimum Gasteiger partial charge on any atom is -0.399 e. The van der Waals surface area contributed by atoms with E-state index < -0.39 is 11.2 Å². The van der Waals surface area contributed by atoms with E-state index in [-0.39, 0.29) is 24.2 Å². The number of hydrogen-bond donors (Lipinski definition) is 7. The highest BCUT2D eigenvalue weighted by molar-refractivity contribution is 5.33. The molecule has 3 atom stereocenters. The van der Waals surface area contributed by atoms with E-state index in [1.807, 2.05) is 0 Å². The van der Waals surface area contributed by atoms with Crippen LogP contribution in [0.4, 0.5) is 0 Å². The molecule has 1 aliphatic carbocycles. The van der Waals surface area contributed by atoms with Crippen molar-refractivity contribution in [2.45, 2.75) is 30.6 Å². The van der Waals surface area contributed by atoms with Crippen LogP contribution in [0, 0.1) is 5.92 Å². The molecule has 0 radical (unpaired) electrons. The van der Waals surface area contributed by atoms with Gasteiger partial charge in [-0.15, -0.1) is 0 Å². The Morgan fingerprint density at radius 2 is 1.75 bits per heavy atom. The van der Waals surface area contributed by atoms with Crippen LogP contribution in [0.3, 0.4) is 0 Å². The quantitative estimate of drug-likeness (QED) is 0.242. The molecule has 0 saturated heterocycles. The molecular formula is C9H23N7. The van der Waals surface area contributed by atoms with Gasteiger partial charge >= 0.3 is 0 Å². The average Bonchev–Trinajstić information content (AvgIpc) is 2.20. The Morgan fingerprint density at radius 3 is 2.19 bits per heavy atom. The smallest absolute Gasteiger partial charge is 0.111 e. The zero-order valence-electron chi connectivity index (χ0n) is 9.61. The monoisotopic (exact) mass is 229 g/mol. The van der Waals surface area contributed by atoms with E-state index in [0.717, 1.165) is 0 Å². The summed E-state index contributed by atoms with van der Waals surface area (Å²) in [4.78, 5) is 0. The predicted octanol–water partition coefficient (Wildman–Crippen LogP) is -3.25. The molecule has 0 amide bonds. The lowest BCUT2D eigenvalue weighted by molar-refractivity contribution is 0.197. The molecule has 7 nitrogen and oxygen atoms in total. The van der Waals surface area contributed by atoms with E-state index in [1.54, 1.807) is 6.92 Å². The Bertz CT molecular complexity index is 307. The Balaban J connectivity index is 3.19. The molecule has 3 unspecified atom stereocenters. The third-order valence-corrected chi connectivity index (χ3v) is 3.42. The van der Waals surface area contributed by atoms with Crippen molar-refractivity contribution in [1.82, 2.24) is 0 Å². The van der Waals surface area contributed by atoms with Gasteiger partial charge in [0.25, 0.3) is 0 Å². The predicted molar refractivity (Wildman–Crippen MR) is 64.2 cm³/mol. The fraction of sp³-hybridized carbons (Fsp3) is 0.778. The lowest BCUT2D eigenvalue weighted by Crippen LogP contribution is -2.70. The lowest BCUT2D eigenvalue weighted by Gasteiger charge is -2.47. The molecule has 94 valence electrons. The zero-order chi connectivity index (χ0) is 12.7. The van der Waals surface area contributed by atoms with Gasteiger partial charge in [0.2, 0.25) is 0 Å². The molecule has 0 aromatic heterocycles. The fourth-order valence-electron chi connectivity index (χ4n) is 2.15. The molecular weight excluding hydrogens is 206 g/mol. The van der Waals surface area contributed by atoms with Gasteiger partial charge in [-0.2, -0.15) is 0 Å². The van der Waals surface area contributed by atoms with Crippen LogP contribution in [-0.2, 0) is 0 Å². The SMILES string of the molecule is CC1(N)CC(C(N)CN)C(N)(N)C(N)=C1N. The summed E-state index contributed by atoms with van der Waals surface area (Å²) in [7, 11) is 0. The molecule has 0 heterocycles. The molecule has 1 aliphatic rings. The van der Waals surface area contributed by atoms with Crippen molar-refractivity contribution in [3.05, 3.63) is 11.4 Å². The molecule has 7 heteroatoms. The summed E-state index contributed by atoms with van der Waals surface area (Å²) in [5.74, 6) is -0.292. The van der Waals surface area contributed by atoms with Crippen LogP contribution < -0.4 is 40.1 Å². The van der Waals surface area contributed by atoms with Crippen LogP contribution in [-0.4, -0.2) is 23.8 Å². The average molecular weight is 229 g/mol. The molecule has 0 spiro atoms. The Morgan fingerprint density at radius 1 is 1.25 bits per heavy atom. The van der Waals surface area contributed by atoms with E-state index in [0.29, 0.717) is 12.1 Å². The van der Waals surface area contributed by atoms with Gasteiger partial charge in [-0.3, -0.25) is 0 Å². The maximum Gasteiger partial charge on any atom is 0.111 e. The van der Waals surface area contributed by atoms with Gasteiger partial charge in [0.05, 0.1) is 16.9 Å². The van der Waals surface area contributed by atoms with Gasteiger partial charge in [-0.05, 0) is 13.3 Å². The molecule has 14 N–H and O–H groups in total. The molecule has 0 fully saturated rings. The minimum atomic E-state index is -1.25. The van der Waals surface area contributed by atoms with Gasteiger partial charge in [0.15, 0.2) is 0 Å². The second-order valence-electron chi connectivity index (χ2n) is 4.89. The van der Waals surface area contributed by atoms with E-state index >= 15 is 0 Å². The Hall–Kier alpha value is -0.860. The molecule has 0 saturated carbocycles. The summed E-state index contributed by atoms with van der Waals surface area (Å²) < 4.78 is 0. The van der Waals surface area contributed by atoms with Crippen molar-refractivity contribution < 1.29 is 0 Å². The molecule has 0 aromatic rings. The summed E-state index contributed by atoms with van der Waals surface area (Å²) in [6.45, 7) is 2.05. The van der Waals surface area contributed by atoms with Crippen molar-refractivity contribution in [3.8, 4) is 0 Å². The Kier molecular flexibility index (Phi) is 3.19. The molecule has 0 aliphatic heterocycles. The second kappa shape index (κ2) is 3.86. The highest BCUT2D eigenvalue weighted by Gasteiger charge is 2.47. The molecule has 16 heavy (non-hydrogen) atoms. The van der Waals surface area contributed by atoms with Crippen LogP contribution >= 0.6 is 0 Å². The van der Waals surface area contributed by atoms with Gasteiger partial charge in [0.1, 0.15) is 5.66 Å². The molecule has 0 bridgehead atoms. The van der Waals surface area contributed by atoms with E-state index in [2.05, 4.69) is 0 Å². The maximum absolute atomic E-state index is 6.05. The Labute approximate surface area is 95.3 Å². The topological polar surface area (TPSA) is 182 Å². The summed E-state index contributed by atoms with van der Waals surface area (Å²) in [5, 5.41) is 0. The molecule has 1 rings (SSSR count). The van der Waals surface area contributed by atoms with Crippen LogP contribution in [0.15, 0.2) is 11.4 Å². The standard InChI is InChI=1S/C9H23N7/c1-8(14)2-4(5(11)3-10)9(15,16)7(13)6(8)12/h4-5H,2-3,10-16H2,1H3. The van der Waals surface area contributed by atoms with Crippen LogP contribution in [0.5, 0.6) is 0 Å². The van der Waals surface area contributed by atoms with Crippen LogP contribution in [0.2, 0.25) is 0 Å². The second-order valence-corrected chi connectivity index (χ2v) is 4.89. The van der Waals surface area contributed by atoms with E-state index in [4.69, 9.17) is 40.1 Å². The highest BCUT2D eigenvalue weighted by atomic mass is 15.1. The van der Waals surface area contributed by atoms with Gasteiger partial charge in [0, 0.05) is 18.5 Å². The first-order valence-electron chi connectivity index (χ1n) is 5.23. The van der Waals surface area contributed by atoms with E-state index in [1.165, 1.54) is 0 Å².